The van der Waals surface area contributed by atoms with Crippen molar-refractivity contribution in [3.8, 4) is 0 Å². The Balaban J connectivity index is 1.90. The van der Waals surface area contributed by atoms with Gasteiger partial charge in [0, 0.05) is 25.5 Å². The van der Waals surface area contributed by atoms with E-state index in [0.29, 0.717) is 6.42 Å². The lowest BCUT2D eigenvalue weighted by molar-refractivity contribution is 0.0548. The van der Waals surface area contributed by atoms with E-state index in [-0.39, 0.29) is 18.8 Å². The number of pyridine rings is 1. The molecule has 1 aliphatic rings. The highest BCUT2D eigenvalue weighted by atomic mass is 32.2. The van der Waals surface area contributed by atoms with E-state index in [0.717, 1.165) is 5.56 Å². The summed E-state index contributed by atoms with van der Waals surface area (Å²) < 4.78 is 24.8. The van der Waals surface area contributed by atoms with E-state index in [4.69, 9.17) is 5.11 Å². The molecule has 5 nitrogen and oxygen atoms in total. The van der Waals surface area contributed by atoms with Crippen molar-refractivity contribution in [1.82, 2.24) is 9.29 Å². The minimum absolute atomic E-state index is 0.0870. The molecule has 1 aliphatic heterocycles. The van der Waals surface area contributed by atoms with Crippen LogP contribution in [0.4, 0.5) is 0 Å². The van der Waals surface area contributed by atoms with Gasteiger partial charge in [-0.3, -0.25) is 4.98 Å². The molecule has 6 heteroatoms. The van der Waals surface area contributed by atoms with Crippen molar-refractivity contribution in [2.24, 2.45) is 0 Å². The van der Waals surface area contributed by atoms with Gasteiger partial charge in [0.15, 0.2) is 0 Å². The van der Waals surface area contributed by atoms with Crippen LogP contribution in [0.25, 0.3) is 0 Å². The summed E-state index contributed by atoms with van der Waals surface area (Å²) in [6, 6.07) is 3.61. The van der Waals surface area contributed by atoms with Crippen LogP contribution >= 0.6 is 0 Å². The molecule has 2 heterocycles. The van der Waals surface area contributed by atoms with E-state index in [2.05, 4.69) is 4.98 Å². The smallest absolute Gasteiger partial charge is 0.214 e. The Bertz CT molecular complexity index is 440. The van der Waals surface area contributed by atoms with Gasteiger partial charge in [0.2, 0.25) is 10.0 Å². The fourth-order valence-corrected chi connectivity index (χ4v) is 3.12. The third-order valence-corrected chi connectivity index (χ3v) is 4.43. The van der Waals surface area contributed by atoms with Crippen LogP contribution in [-0.2, 0) is 16.4 Å². The van der Waals surface area contributed by atoms with Crippen LogP contribution in [0.5, 0.6) is 0 Å². The first kappa shape index (κ1) is 11.5. The molecule has 88 valence electrons. The van der Waals surface area contributed by atoms with Crippen LogP contribution in [-0.4, -0.2) is 47.8 Å². The van der Waals surface area contributed by atoms with Crippen molar-refractivity contribution in [3.05, 3.63) is 30.1 Å². The van der Waals surface area contributed by atoms with Crippen LogP contribution in [0.15, 0.2) is 24.5 Å². The summed E-state index contributed by atoms with van der Waals surface area (Å²) in [4.78, 5) is 3.87. The Morgan fingerprint density at radius 1 is 1.38 bits per heavy atom. The van der Waals surface area contributed by atoms with E-state index in [1.54, 1.807) is 24.5 Å². The Morgan fingerprint density at radius 3 is 2.56 bits per heavy atom. The Labute approximate surface area is 94.8 Å². The number of aryl methyl sites for hydroxylation is 1. The monoisotopic (exact) mass is 242 g/mol. The zero-order valence-electron chi connectivity index (χ0n) is 8.78. The van der Waals surface area contributed by atoms with E-state index in [1.165, 1.54) is 4.31 Å². The number of hydrogen-bond acceptors (Lipinski definition) is 4. The van der Waals surface area contributed by atoms with Crippen LogP contribution in [0, 0.1) is 0 Å². The average Bonchev–Trinajstić information content (AvgIpc) is 2.24. The topological polar surface area (TPSA) is 70.5 Å². The molecule has 0 saturated carbocycles. The summed E-state index contributed by atoms with van der Waals surface area (Å²) in [6.07, 6.45) is 3.29. The fourth-order valence-electron chi connectivity index (χ4n) is 1.57. The molecule has 2 rings (SSSR count). The minimum atomic E-state index is -3.20. The zero-order valence-corrected chi connectivity index (χ0v) is 9.60. The second-order valence-corrected chi connectivity index (χ2v) is 5.98. The normalized spacial score (nSPS) is 18.3. The molecule has 0 spiro atoms. The molecule has 1 N–H and O–H groups in total. The number of sulfonamides is 1. The van der Waals surface area contributed by atoms with Gasteiger partial charge in [0.05, 0.1) is 11.9 Å². The number of aliphatic hydroxyl groups excluding tert-OH is 1. The summed E-state index contributed by atoms with van der Waals surface area (Å²) in [5.41, 5.74) is 0.958. The van der Waals surface area contributed by atoms with Crippen LogP contribution < -0.4 is 0 Å². The number of aliphatic hydroxyl groups is 1. The van der Waals surface area contributed by atoms with Crippen molar-refractivity contribution in [1.29, 1.82) is 0 Å². The second-order valence-electron chi connectivity index (χ2n) is 3.89. The van der Waals surface area contributed by atoms with Gasteiger partial charge in [0.25, 0.3) is 0 Å². The number of rotatable bonds is 4. The molecule has 0 amide bonds. The average molecular weight is 242 g/mol. The molecule has 1 saturated heterocycles. The van der Waals surface area contributed by atoms with Gasteiger partial charge in [-0.15, -0.1) is 0 Å². The van der Waals surface area contributed by atoms with Crippen molar-refractivity contribution >= 4 is 10.0 Å². The van der Waals surface area contributed by atoms with Crippen LogP contribution in [0.2, 0.25) is 0 Å². The predicted molar refractivity (Wildman–Crippen MR) is 59.3 cm³/mol. The van der Waals surface area contributed by atoms with Crippen LogP contribution in [0.1, 0.15) is 5.56 Å². The molecule has 16 heavy (non-hydrogen) atoms. The Morgan fingerprint density at radius 2 is 2.00 bits per heavy atom. The molecule has 0 atom stereocenters. The van der Waals surface area contributed by atoms with E-state index in [9.17, 15) is 8.42 Å². The van der Waals surface area contributed by atoms with E-state index >= 15 is 0 Å². The first-order valence-corrected chi connectivity index (χ1v) is 6.73. The van der Waals surface area contributed by atoms with E-state index in [1.807, 2.05) is 0 Å². The predicted octanol–water partition coefficient (Wildman–Crippen LogP) is -0.370. The Hall–Kier alpha value is -0.980. The lowest BCUT2D eigenvalue weighted by Gasteiger charge is -2.34. The first-order chi connectivity index (χ1) is 7.58. The zero-order chi connectivity index (χ0) is 11.6. The van der Waals surface area contributed by atoms with Crippen LogP contribution in [0.3, 0.4) is 0 Å². The van der Waals surface area contributed by atoms with Gasteiger partial charge in [-0.05, 0) is 24.1 Å². The standard InChI is InChI=1S/C10H14N2O3S/c13-10-7-12(8-10)16(14,15)6-3-9-1-4-11-5-2-9/h1-2,4-5,10,13H,3,6-8H2. The Kier molecular flexibility index (Phi) is 3.22. The molecule has 0 bridgehead atoms. The van der Waals surface area contributed by atoms with E-state index < -0.39 is 16.1 Å². The van der Waals surface area contributed by atoms with Gasteiger partial charge in [0.1, 0.15) is 0 Å². The van der Waals surface area contributed by atoms with Crippen molar-refractivity contribution in [2.75, 3.05) is 18.8 Å². The van der Waals surface area contributed by atoms with Crippen molar-refractivity contribution in [2.45, 2.75) is 12.5 Å². The third kappa shape index (κ3) is 2.58. The lowest BCUT2D eigenvalue weighted by Crippen LogP contribution is -2.54. The van der Waals surface area contributed by atoms with Gasteiger partial charge in [-0.2, -0.15) is 4.31 Å². The van der Waals surface area contributed by atoms with Gasteiger partial charge in [-0.1, -0.05) is 0 Å². The molecular weight excluding hydrogens is 228 g/mol. The molecule has 0 unspecified atom stereocenters. The maximum absolute atomic E-state index is 11.7. The largest absolute Gasteiger partial charge is 0.390 e. The maximum Gasteiger partial charge on any atom is 0.214 e. The number of β-amino-alcohol motifs (C(OH)–C–C–N with tert-alkyl or cyclic N) is 1. The lowest BCUT2D eigenvalue weighted by atomic mass is 10.2. The summed E-state index contributed by atoms with van der Waals surface area (Å²) in [6.45, 7) is 0.470. The third-order valence-electron chi connectivity index (χ3n) is 2.62. The van der Waals surface area contributed by atoms with Gasteiger partial charge in [-0.25, -0.2) is 8.42 Å². The summed E-state index contributed by atoms with van der Waals surface area (Å²) in [5.74, 6) is 0.0870. The molecule has 0 aromatic carbocycles. The van der Waals surface area contributed by atoms with Crippen molar-refractivity contribution < 1.29 is 13.5 Å². The first-order valence-electron chi connectivity index (χ1n) is 5.13. The fraction of sp³-hybridized carbons (Fsp3) is 0.500. The highest BCUT2D eigenvalue weighted by molar-refractivity contribution is 7.89. The molecular formula is C10H14N2O3S. The quantitative estimate of drug-likeness (QED) is 0.782. The maximum atomic E-state index is 11.7. The SMILES string of the molecule is O=S(=O)(CCc1ccncc1)N1CC(O)C1. The van der Waals surface area contributed by atoms with Crippen molar-refractivity contribution in [3.63, 3.8) is 0 Å². The molecule has 1 aromatic rings. The summed E-state index contributed by atoms with van der Waals surface area (Å²) >= 11 is 0. The second kappa shape index (κ2) is 4.48. The van der Waals surface area contributed by atoms with Gasteiger partial charge < -0.3 is 5.11 Å². The highest BCUT2D eigenvalue weighted by Gasteiger charge is 2.33. The minimum Gasteiger partial charge on any atom is -0.390 e. The molecule has 1 aromatic heterocycles. The molecule has 0 radical (unpaired) electrons. The summed E-state index contributed by atoms with van der Waals surface area (Å²) in [5, 5.41) is 9.05. The van der Waals surface area contributed by atoms with Gasteiger partial charge >= 0.3 is 0 Å². The summed E-state index contributed by atoms with van der Waals surface area (Å²) in [7, 11) is -3.20. The number of nitrogens with zero attached hydrogens (tertiary/aromatic N) is 2. The molecule has 1 fully saturated rings. The number of hydrogen-bond donors (Lipinski definition) is 1. The number of aromatic nitrogens is 1. The molecule has 0 aliphatic carbocycles. The highest BCUT2D eigenvalue weighted by Crippen LogP contribution is 2.14.